The first-order chi connectivity index (χ1) is 15.9. The molecule has 0 saturated carbocycles. The van der Waals surface area contributed by atoms with Gasteiger partial charge in [-0.3, -0.25) is 4.79 Å². The minimum Gasteiger partial charge on any atom is -0.507 e. The van der Waals surface area contributed by atoms with E-state index in [1.165, 1.54) is 0 Å². The highest BCUT2D eigenvalue weighted by Crippen LogP contribution is 2.37. The highest BCUT2D eigenvalue weighted by Gasteiger charge is 2.24. The number of phenolic OH excluding ortho intramolecular Hbond substituents is 2. The molecule has 33 heavy (non-hydrogen) atoms. The van der Waals surface area contributed by atoms with Gasteiger partial charge in [0.25, 0.3) is 5.91 Å². The summed E-state index contributed by atoms with van der Waals surface area (Å²) in [4.78, 5) is 32.1. The number of nitrogens with zero attached hydrogens (tertiary/aromatic N) is 2. The van der Waals surface area contributed by atoms with Gasteiger partial charge in [-0.1, -0.05) is 41.9 Å². The highest BCUT2D eigenvalue weighted by molar-refractivity contribution is 6.33. The van der Waals surface area contributed by atoms with Crippen LogP contribution >= 0.6 is 11.6 Å². The van der Waals surface area contributed by atoms with Crippen LogP contribution in [0.3, 0.4) is 0 Å². The SMILES string of the molecule is CC1/C=C/COC(=O)c2c(O)cc(O)c(Cl)c2CC(=NOCC(=O)N2CCCCC2)/C=C/C1. The maximum atomic E-state index is 12.7. The zero-order chi connectivity index (χ0) is 23.8. The fourth-order valence-electron chi connectivity index (χ4n) is 3.77. The number of hydrogen-bond acceptors (Lipinski definition) is 7. The van der Waals surface area contributed by atoms with E-state index >= 15 is 0 Å². The number of fused-ring (bicyclic) bond motifs is 1. The Kier molecular flexibility index (Phi) is 8.77. The van der Waals surface area contributed by atoms with Gasteiger partial charge in [-0.05, 0) is 43.2 Å². The van der Waals surface area contributed by atoms with Crippen molar-refractivity contribution in [1.29, 1.82) is 0 Å². The minimum atomic E-state index is -0.773. The van der Waals surface area contributed by atoms with E-state index < -0.39 is 11.7 Å². The number of oxime groups is 1. The first kappa shape index (κ1) is 24.6. The summed E-state index contributed by atoms with van der Waals surface area (Å²) < 4.78 is 5.25. The van der Waals surface area contributed by atoms with Crippen LogP contribution in [0.25, 0.3) is 0 Å². The molecule has 8 nitrogen and oxygen atoms in total. The molecule has 1 unspecified atom stereocenters. The predicted molar refractivity (Wildman–Crippen MR) is 125 cm³/mol. The van der Waals surface area contributed by atoms with Gasteiger partial charge in [0.1, 0.15) is 23.7 Å². The van der Waals surface area contributed by atoms with E-state index in [1.54, 1.807) is 17.1 Å². The monoisotopic (exact) mass is 476 g/mol. The van der Waals surface area contributed by atoms with Crippen LogP contribution < -0.4 is 0 Å². The number of esters is 1. The number of amides is 1. The second-order valence-corrected chi connectivity index (χ2v) is 8.58. The maximum Gasteiger partial charge on any atom is 0.342 e. The largest absolute Gasteiger partial charge is 0.507 e. The molecule has 2 heterocycles. The fraction of sp³-hybridized carbons (Fsp3) is 0.458. The van der Waals surface area contributed by atoms with Crippen molar-refractivity contribution in [3.63, 3.8) is 0 Å². The number of aromatic hydroxyl groups is 2. The molecular formula is C24H29ClN2O6. The van der Waals surface area contributed by atoms with Gasteiger partial charge in [0.05, 0.1) is 10.7 Å². The van der Waals surface area contributed by atoms with Gasteiger partial charge in [0, 0.05) is 25.6 Å². The first-order valence-corrected chi connectivity index (χ1v) is 11.4. The van der Waals surface area contributed by atoms with Gasteiger partial charge < -0.3 is 24.7 Å². The van der Waals surface area contributed by atoms with Crippen LogP contribution in [0.5, 0.6) is 11.5 Å². The second-order valence-electron chi connectivity index (χ2n) is 8.20. The molecule has 1 atom stereocenters. The summed E-state index contributed by atoms with van der Waals surface area (Å²) in [6.45, 7) is 3.28. The number of hydrogen-bond donors (Lipinski definition) is 2. The molecular weight excluding hydrogens is 448 g/mol. The van der Waals surface area contributed by atoms with Crippen molar-refractivity contribution in [3.05, 3.63) is 46.5 Å². The van der Waals surface area contributed by atoms with E-state index in [0.717, 1.165) is 25.3 Å². The molecule has 0 radical (unpaired) electrons. The lowest BCUT2D eigenvalue weighted by Crippen LogP contribution is -2.37. The van der Waals surface area contributed by atoms with Gasteiger partial charge in [0.2, 0.25) is 0 Å². The van der Waals surface area contributed by atoms with Gasteiger partial charge in [-0.25, -0.2) is 4.79 Å². The fourth-order valence-corrected chi connectivity index (χ4v) is 3.98. The molecule has 178 valence electrons. The third kappa shape index (κ3) is 6.74. The summed E-state index contributed by atoms with van der Waals surface area (Å²) in [5.74, 6) is -1.54. The molecule has 9 heteroatoms. The summed E-state index contributed by atoms with van der Waals surface area (Å²) in [5.41, 5.74) is 0.381. The van der Waals surface area contributed by atoms with Crippen LogP contribution in [0.1, 0.15) is 48.5 Å². The van der Waals surface area contributed by atoms with E-state index in [0.29, 0.717) is 25.2 Å². The summed E-state index contributed by atoms with van der Waals surface area (Å²) in [6, 6.07) is 0.999. The Morgan fingerprint density at radius 2 is 2.00 bits per heavy atom. The number of carbonyl (C=O) groups is 2. The molecule has 0 aliphatic carbocycles. The number of rotatable bonds is 3. The number of halogens is 1. The summed E-state index contributed by atoms with van der Waals surface area (Å²) in [6.07, 6.45) is 11.0. The summed E-state index contributed by atoms with van der Waals surface area (Å²) in [7, 11) is 0. The third-order valence-electron chi connectivity index (χ3n) is 5.56. The molecule has 2 N–H and O–H groups in total. The van der Waals surface area contributed by atoms with Crippen molar-refractivity contribution in [2.75, 3.05) is 26.3 Å². The number of likely N-dealkylation sites (tertiary alicyclic amines) is 1. The first-order valence-electron chi connectivity index (χ1n) is 11.1. The molecule has 1 saturated heterocycles. The molecule has 1 aromatic carbocycles. The normalized spacial score (nSPS) is 22.8. The van der Waals surface area contributed by atoms with E-state index in [-0.39, 0.29) is 53.4 Å². The third-order valence-corrected chi connectivity index (χ3v) is 5.98. The molecule has 2 aliphatic rings. The van der Waals surface area contributed by atoms with Crippen molar-refractivity contribution in [1.82, 2.24) is 4.90 Å². The van der Waals surface area contributed by atoms with Crippen LogP contribution in [0.4, 0.5) is 0 Å². The standard InChI is InChI=1S/C24H29ClN2O6/c1-16-7-5-9-17(26-33-15-21(30)27-10-3-2-4-11-27)13-18-22(24(31)32-12-6-8-16)19(28)14-20(29)23(18)25/h5-6,8-9,14,16,28-29H,2-4,7,10-13,15H2,1H3/b8-6+,9-5+,26-17?. The average molecular weight is 477 g/mol. The molecule has 0 bridgehead atoms. The Balaban J connectivity index is 1.88. The van der Waals surface area contributed by atoms with E-state index in [2.05, 4.69) is 5.16 Å². The minimum absolute atomic E-state index is 0.0263. The number of carbonyl (C=O) groups excluding carboxylic acids is 2. The number of ether oxygens (including phenoxy) is 1. The van der Waals surface area contributed by atoms with E-state index in [1.807, 2.05) is 19.1 Å². The van der Waals surface area contributed by atoms with Gasteiger partial charge in [0.15, 0.2) is 6.61 Å². The zero-order valence-corrected chi connectivity index (χ0v) is 19.4. The Morgan fingerprint density at radius 1 is 1.24 bits per heavy atom. The van der Waals surface area contributed by atoms with Crippen LogP contribution in [-0.2, 0) is 20.8 Å². The van der Waals surface area contributed by atoms with Crippen molar-refractivity contribution in [2.45, 2.75) is 39.0 Å². The molecule has 3 rings (SSSR count). The van der Waals surface area contributed by atoms with E-state index in [4.69, 9.17) is 21.2 Å². The van der Waals surface area contributed by atoms with Crippen molar-refractivity contribution in [2.24, 2.45) is 11.1 Å². The number of cyclic esters (lactones) is 1. The van der Waals surface area contributed by atoms with Gasteiger partial charge in [-0.2, -0.15) is 0 Å². The molecule has 1 amide bonds. The Labute approximate surface area is 198 Å². The van der Waals surface area contributed by atoms with Crippen LogP contribution in [0.15, 0.2) is 35.5 Å². The molecule has 0 spiro atoms. The smallest absolute Gasteiger partial charge is 0.342 e. The lowest BCUT2D eigenvalue weighted by molar-refractivity contribution is -0.137. The Bertz CT molecular complexity index is 966. The highest BCUT2D eigenvalue weighted by atomic mass is 35.5. The quantitative estimate of drug-likeness (QED) is 0.388. The average Bonchev–Trinajstić information content (AvgIpc) is 2.80. The van der Waals surface area contributed by atoms with Crippen molar-refractivity contribution in [3.8, 4) is 11.5 Å². The Hall–Kier alpha value is -3.00. The van der Waals surface area contributed by atoms with Crippen LogP contribution in [0.2, 0.25) is 5.02 Å². The number of benzene rings is 1. The maximum absolute atomic E-state index is 12.7. The topological polar surface area (TPSA) is 109 Å². The summed E-state index contributed by atoms with van der Waals surface area (Å²) in [5, 5.41) is 24.4. The summed E-state index contributed by atoms with van der Waals surface area (Å²) >= 11 is 6.28. The molecule has 2 aliphatic heterocycles. The van der Waals surface area contributed by atoms with E-state index in [9.17, 15) is 19.8 Å². The molecule has 1 fully saturated rings. The van der Waals surface area contributed by atoms with Crippen LogP contribution in [0, 0.1) is 5.92 Å². The number of piperidine rings is 1. The van der Waals surface area contributed by atoms with Gasteiger partial charge in [-0.15, -0.1) is 0 Å². The van der Waals surface area contributed by atoms with Crippen molar-refractivity contribution >= 4 is 29.2 Å². The molecule has 0 aromatic heterocycles. The number of phenols is 2. The lowest BCUT2D eigenvalue weighted by atomic mass is 9.99. The second kappa shape index (κ2) is 11.7. The number of allylic oxidation sites excluding steroid dienone is 3. The Morgan fingerprint density at radius 3 is 2.76 bits per heavy atom. The molecule has 1 aromatic rings. The van der Waals surface area contributed by atoms with Crippen LogP contribution in [-0.4, -0.2) is 59.0 Å². The zero-order valence-electron chi connectivity index (χ0n) is 18.6. The van der Waals surface area contributed by atoms with Gasteiger partial charge >= 0.3 is 5.97 Å². The lowest BCUT2D eigenvalue weighted by Gasteiger charge is -2.26. The predicted octanol–water partition coefficient (Wildman–Crippen LogP) is 3.99. The van der Waals surface area contributed by atoms with Crippen molar-refractivity contribution < 1.29 is 29.4 Å².